The van der Waals surface area contributed by atoms with Gasteiger partial charge in [0.2, 0.25) is 15.9 Å². The fourth-order valence-corrected chi connectivity index (χ4v) is 6.53. The Morgan fingerprint density at radius 1 is 1.26 bits per heavy atom. The van der Waals surface area contributed by atoms with Gasteiger partial charge in [-0.05, 0) is 43.2 Å². The Balaban J connectivity index is 1.33. The number of carbonyl (C=O) groups is 1. The van der Waals surface area contributed by atoms with E-state index < -0.39 is 21.7 Å². The highest BCUT2D eigenvalue weighted by Gasteiger charge is 2.34. The topological polar surface area (TPSA) is 124 Å². The summed E-state index contributed by atoms with van der Waals surface area (Å²) in [5.41, 5.74) is 1.46. The van der Waals surface area contributed by atoms with Crippen molar-refractivity contribution in [2.45, 2.75) is 17.7 Å². The number of amides is 1. The maximum atomic E-state index is 13.3. The number of thiazole rings is 1. The maximum Gasteiger partial charge on any atom is 0.419 e. The van der Waals surface area contributed by atoms with Crippen LogP contribution in [-0.2, 0) is 21.9 Å². The van der Waals surface area contributed by atoms with Crippen LogP contribution >= 0.6 is 11.3 Å². The van der Waals surface area contributed by atoms with Gasteiger partial charge in [-0.2, -0.15) is 4.31 Å². The zero-order valence-electron chi connectivity index (χ0n) is 18.5. The number of nitrogens with one attached hydrogen (secondary N) is 1. The lowest BCUT2D eigenvalue weighted by Gasteiger charge is -2.31. The van der Waals surface area contributed by atoms with E-state index in [4.69, 9.17) is 9.15 Å². The van der Waals surface area contributed by atoms with Gasteiger partial charge in [0.25, 0.3) is 0 Å². The van der Waals surface area contributed by atoms with Gasteiger partial charge < -0.3 is 14.5 Å². The molecule has 1 amide bonds. The van der Waals surface area contributed by atoms with E-state index in [0.717, 1.165) is 10.2 Å². The first kappa shape index (κ1) is 22.6. The van der Waals surface area contributed by atoms with E-state index in [9.17, 15) is 18.0 Å². The number of hydrogen-bond acceptors (Lipinski definition) is 8. The largest absolute Gasteiger partial charge is 0.497 e. The Hall–Kier alpha value is -3.22. The molecule has 0 aliphatic carbocycles. The van der Waals surface area contributed by atoms with Gasteiger partial charge in [-0.1, -0.05) is 11.3 Å². The molecule has 0 bridgehead atoms. The highest BCUT2D eigenvalue weighted by atomic mass is 32.2. The summed E-state index contributed by atoms with van der Waals surface area (Å²) in [6.45, 7) is 0.369. The molecule has 1 saturated heterocycles. The average Bonchev–Trinajstić information content (AvgIpc) is 3.37. The van der Waals surface area contributed by atoms with Gasteiger partial charge >= 0.3 is 5.76 Å². The Morgan fingerprint density at radius 3 is 2.88 bits per heavy atom. The smallest absolute Gasteiger partial charge is 0.419 e. The summed E-state index contributed by atoms with van der Waals surface area (Å²) in [6, 6.07) is 9.82. The van der Waals surface area contributed by atoms with Crippen molar-refractivity contribution in [3.63, 3.8) is 0 Å². The minimum atomic E-state index is -3.87. The molecule has 12 heteroatoms. The molecular formula is C22H22N4O6S2. The van der Waals surface area contributed by atoms with Crippen molar-refractivity contribution in [1.82, 2.24) is 13.9 Å². The first-order valence-corrected chi connectivity index (χ1v) is 12.9. The zero-order valence-corrected chi connectivity index (χ0v) is 20.1. The summed E-state index contributed by atoms with van der Waals surface area (Å²) < 4.78 is 40.4. The number of aromatic nitrogens is 2. The van der Waals surface area contributed by atoms with Gasteiger partial charge in [-0.25, -0.2) is 18.2 Å². The Bertz CT molecular complexity index is 1570. The highest BCUT2D eigenvalue weighted by molar-refractivity contribution is 7.89. The summed E-state index contributed by atoms with van der Waals surface area (Å²) >= 11 is 1.33. The minimum absolute atomic E-state index is 0.0236. The molecule has 178 valence electrons. The van der Waals surface area contributed by atoms with E-state index in [0.29, 0.717) is 35.8 Å². The second-order valence-electron chi connectivity index (χ2n) is 8.10. The number of methoxy groups -OCH3 is 1. The van der Waals surface area contributed by atoms with Crippen LogP contribution in [0.4, 0.5) is 5.13 Å². The van der Waals surface area contributed by atoms with Gasteiger partial charge in [0, 0.05) is 26.2 Å². The third-order valence-corrected chi connectivity index (χ3v) is 8.78. The number of benzene rings is 2. The molecule has 1 N–H and O–H groups in total. The lowest BCUT2D eigenvalue weighted by molar-refractivity contribution is -0.120. The van der Waals surface area contributed by atoms with E-state index in [-0.39, 0.29) is 22.9 Å². The molecule has 1 aliphatic rings. The summed E-state index contributed by atoms with van der Waals surface area (Å²) in [7, 11) is -0.731. The number of carbonyl (C=O) groups excluding carboxylic acids is 1. The van der Waals surface area contributed by atoms with Crippen LogP contribution < -0.4 is 15.8 Å². The first-order valence-electron chi connectivity index (χ1n) is 10.6. The molecule has 1 aliphatic heterocycles. The SMILES string of the molecule is COc1ccc2nc(NC(=O)[C@@H]3CCCN(S(=O)(=O)c4ccc5c(c4)oc(=O)n5C)C3)sc2c1. The van der Waals surface area contributed by atoms with E-state index in [1.165, 1.54) is 32.3 Å². The Morgan fingerprint density at radius 2 is 2.09 bits per heavy atom. The normalized spacial score (nSPS) is 17.3. The number of nitrogens with zero attached hydrogens (tertiary/aromatic N) is 3. The molecule has 3 heterocycles. The van der Waals surface area contributed by atoms with Crippen molar-refractivity contribution in [3.8, 4) is 5.75 Å². The van der Waals surface area contributed by atoms with E-state index in [1.54, 1.807) is 26.3 Å². The highest BCUT2D eigenvalue weighted by Crippen LogP contribution is 2.31. The Kier molecular flexibility index (Phi) is 5.66. The molecule has 2 aromatic carbocycles. The molecule has 10 nitrogen and oxygen atoms in total. The summed E-state index contributed by atoms with van der Waals surface area (Å²) in [4.78, 5) is 29.1. The fraction of sp³-hybridized carbons (Fsp3) is 0.318. The monoisotopic (exact) mass is 502 g/mol. The van der Waals surface area contributed by atoms with Crippen LogP contribution in [0.25, 0.3) is 21.3 Å². The van der Waals surface area contributed by atoms with Crippen molar-refractivity contribution in [1.29, 1.82) is 0 Å². The lowest BCUT2D eigenvalue weighted by atomic mass is 9.99. The molecule has 4 aromatic rings. The summed E-state index contributed by atoms with van der Waals surface area (Å²) in [6.07, 6.45) is 1.13. The number of aryl methyl sites for hydroxylation is 1. The van der Waals surface area contributed by atoms with Crippen molar-refractivity contribution >= 4 is 53.7 Å². The Labute approximate surface area is 198 Å². The molecule has 0 saturated carbocycles. The molecule has 34 heavy (non-hydrogen) atoms. The summed E-state index contributed by atoms with van der Waals surface area (Å²) in [5, 5.41) is 3.29. The van der Waals surface area contributed by atoms with Gasteiger partial charge in [0.1, 0.15) is 5.75 Å². The lowest BCUT2D eigenvalue weighted by Crippen LogP contribution is -2.43. The van der Waals surface area contributed by atoms with Crippen LogP contribution in [-0.4, -0.2) is 48.4 Å². The van der Waals surface area contributed by atoms with E-state index >= 15 is 0 Å². The third kappa shape index (κ3) is 3.97. The second-order valence-corrected chi connectivity index (χ2v) is 11.1. The molecule has 1 fully saturated rings. The van der Waals surface area contributed by atoms with Gasteiger partial charge in [0.05, 0.1) is 33.7 Å². The predicted molar refractivity (Wildman–Crippen MR) is 128 cm³/mol. The molecule has 0 spiro atoms. The average molecular weight is 503 g/mol. The third-order valence-electron chi connectivity index (χ3n) is 5.98. The number of piperidine rings is 1. The number of anilines is 1. The first-order chi connectivity index (χ1) is 16.3. The van der Waals surface area contributed by atoms with E-state index in [1.807, 2.05) is 12.1 Å². The van der Waals surface area contributed by atoms with Crippen molar-refractivity contribution in [3.05, 3.63) is 46.9 Å². The van der Waals surface area contributed by atoms with Crippen molar-refractivity contribution < 1.29 is 22.4 Å². The fourth-order valence-electron chi connectivity index (χ4n) is 4.09. The zero-order chi connectivity index (χ0) is 24.0. The molecule has 0 radical (unpaired) electrons. The second kappa shape index (κ2) is 8.53. The molecular weight excluding hydrogens is 480 g/mol. The van der Waals surface area contributed by atoms with Crippen molar-refractivity contribution in [2.24, 2.45) is 13.0 Å². The number of sulfonamides is 1. The molecule has 0 unspecified atom stereocenters. The molecule has 5 rings (SSSR count). The maximum absolute atomic E-state index is 13.3. The summed E-state index contributed by atoms with van der Waals surface area (Å²) in [5.74, 6) is -0.637. The van der Waals surface area contributed by atoms with Crippen LogP contribution in [0.15, 0.2) is 50.5 Å². The number of hydrogen-bond donors (Lipinski definition) is 1. The van der Waals surface area contributed by atoms with Crippen LogP contribution in [0.5, 0.6) is 5.75 Å². The molecule has 2 aromatic heterocycles. The van der Waals surface area contributed by atoms with Crippen LogP contribution in [0.2, 0.25) is 0 Å². The minimum Gasteiger partial charge on any atom is -0.497 e. The van der Waals surface area contributed by atoms with E-state index in [2.05, 4.69) is 10.3 Å². The molecule has 1 atom stereocenters. The van der Waals surface area contributed by atoms with Crippen LogP contribution in [0.1, 0.15) is 12.8 Å². The number of oxazole rings is 1. The number of ether oxygens (including phenoxy) is 1. The van der Waals surface area contributed by atoms with Gasteiger partial charge in [-0.3, -0.25) is 9.36 Å². The number of fused-ring (bicyclic) bond motifs is 2. The quantitative estimate of drug-likeness (QED) is 0.445. The van der Waals surface area contributed by atoms with Crippen LogP contribution in [0.3, 0.4) is 0 Å². The van der Waals surface area contributed by atoms with Gasteiger partial charge in [0.15, 0.2) is 10.7 Å². The standard InChI is InChI=1S/C22H22N4O6S2/c1-25-17-8-6-15(11-18(17)32-22(25)28)34(29,30)26-9-3-4-13(12-26)20(27)24-21-23-16-7-5-14(31-2)10-19(16)33-21/h5-8,10-11,13H,3-4,9,12H2,1-2H3,(H,23,24,27)/t13-/m1/s1. The van der Waals surface area contributed by atoms with Crippen molar-refractivity contribution in [2.75, 3.05) is 25.5 Å². The van der Waals surface area contributed by atoms with Gasteiger partial charge in [-0.15, -0.1) is 0 Å². The number of rotatable bonds is 5. The van der Waals surface area contributed by atoms with Crippen LogP contribution in [0, 0.1) is 5.92 Å². The predicted octanol–water partition coefficient (Wildman–Crippen LogP) is 2.79.